The van der Waals surface area contributed by atoms with Crippen molar-refractivity contribution >= 4 is 82.5 Å². The van der Waals surface area contributed by atoms with Gasteiger partial charge in [-0.15, -0.1) is 0 Å². The topological polar surface area (TPSA) is 29.5 Å². The van der Waals surface area contributed by atoms with Crippen LogP contribution in [0.2, 0.25) is 0 Å². The van der Waals surface area contributed by atoms with E-state index < -0.39 is 5.41 Å². The second-order valence-electron chi connectivity index (χ2n) is 17.8. The van der Waals surface area contributed by atoms with Crippen LogP contribution < -0.4 is 4.90 Å². The lowest BCUT2D eigenvalue weighted by Gasteiger charge is -2.33. The summed E-state index contributed by atoms with van der Waals surface area (Å²) in [4.78, 5) is 2.47. The van der Waals surface area contributed by atoms with Gasteiger partial charge in [-0.3, -0.25) is 0 Å². The molecule has 0 saturated heterocycles. The lowest BCUT2D eigenvalue weighted by molar-refractivity contribution is 0.672. The molecular formula is C63H37NO2. The number of para-hydroxylation sites is 2. The van der Waals surface area contributed by atoms with Gasteiger partial charge in [-0.25, -0.2) is 0 Å². The molecule has 0 aliphatic heterocycles. The molecule has 15 rings (SSSR count). The molecule has 0 atom stereocenters. The van der Waals surface area contributed by atoms with Gasteiger partial charge in [-0.1, -0.05) is 182 Å². The van der Waals surface area contributed by atoms with Gasteiger partial charge in [0.15, 0.2) is 0 Å². The second-order valence-corrected chi connectivity index (χ2v) is 17.8. The predicted molar refractivity (Wildman–Crippen MR) is 272 cm³/mol. The molecule has 2 heterocycles. The monoisotopic (exact) mass is 839 g/mol. The highest BCUT2D eigenvalue weighted by molar-refractivity contribution is 6.21. The van der Waals surface area contributed by atoms with E-state index in [1.807, 2.05) is 0 Å². The molecule has 13 aromatic rings. The Morgan fingerprint density at radius 3 is 1.50 bits per heavy atom. The van der Waals surface area contributed by atoms with Crippen molar-refractivity contribution in [2.75, 3.05) is 4.90 Å². The Kier molecular flexibility index (Phi) is 7.15. The summed E-state index contributed by atoms with van der Waals surface area (Å²) in [6, 6.07) is 82.0. The highest BCUT2D eigenvalue weighted by atomic mass is 16.3. The van der Waals surface area contributed by atoms with Gasteiger partial charge in [0.1, 0.15) is 22.3 Å². The first-order chi connectivity index (χ1) is 32.8. The first kappa shape index (κ1) is 35.8. The Morgan fingerprint density at radius 2 is 0.803 bits per heavy atom. The minimum atomic E-state index is -0.504. The first-order valence-electron chi connectivity index (χ1n) is 22.7. The number of rotatable bonds is 4. The Bertz CT molecular complexity index is 4140. The minimum absolute atomic E-state index is 0.504. The van der Waals surface area contributed by atoms with Gasteiger partial charge in [0.25, 0.3) is 0 Å². The number of anilines is 3. The predicted octanol–water partition coefficient (Wildman–Crippen LogP) is 17.3. The van der Waals surface area contributed by atoms with Gasteiger partial charge in [0.05, 0.1) is 22.2 Å². The summed E-state index contributed by atoms with van der Waals surface area (Å²) in [5.41, 5.74) is 18.6. The Morgan fingerprint density at radius 1 is 0.303 bits per heavy atom. The fraction of sp³-hybridized carbons (Fsp3) is 0.0159. The third-order valence-corrected chi connectivity index (χ3v) is 14.7. The van der Waals surface area contributed by atoms with E-state index in [2.05, 4.69) is 229 Å². The van der Waals surface area contributed by atoms with Crippen molar-refractivity contribution in [1.29, 1.82) is 0 Å². The van der Waals surface area contributed by atoms with Crippen LogP contribution in [-0.2, 0) is 5.41 Å². The average Bonchev–Trinajstić information content (AvgIpc) is 4.13. The average molecular weight is 840 g/mol. The maximum absolute atomic E-state index is 7.05. The summed E-state index contributed by atoms with van der Waals surface area (Å²) in [6.07, 6.45) is 0. The minimum Gasteiger partial charge on any atom is -0.455 e. The van der Waals surface area contributed by atoms with Crippen LogP contribution in [0.15, 0.2) is 233 Å². The van der Waals surface area contributed by atoms with Gasteiger partial charge in [0.2, 0.25) is 0 Å². The van der Waals surface area contributed by atoms with Crippen LogP contribution in [0.1, 0.15) is 22.3 Å². The third-order valence-electron chi connectivity index (χ3n) is 14.7. The molecule has 11 aromatic carbocycles. The van der Waals surface area contributed by atoms with Gasteiger partial charge in [-0.2, -0.15) is 0 Å². The zero-order valence-electron chi connectivity index (χ0n) is 35.6. The van der Waals surface area contributed by atoms with E-state index in [1.165, 1.54) is 44.5 Å². The van der Waals surface area contributed by atoms with Crippen LogP contribution in [0, 0.1) is 0 Å². The van der Waals surface area contributed by atoms with E-state index in [0.717, 1.165) is 93.6 Å². The standard InChI is InChI=1S/C63H37NO2/c1-3-17-41-38(15-1)31-34-50-49-24-13-23-48(62(49)66-60(41)50)47-22-8-12-28-56(47)64(57-29-14-30-58-59(57)51-35-32-39-16-2-4-18-42(39)61(51)65-58)40-33-36-46-45-21-7-11-27-54(45)63(55(46)37-40)52-25-9-5-19-43(52)44-20-6-10-26-53(44)63/h1-37H. The summed E-state index contributed by atoms with van der Waals surface area (Å²) in [5.74, 6) is 0. The van der Waals surface area contributed by atoms with Gasteiger partial charge in [0, 0.05) is 43.7 Å². The molecule has 2 aliphatic rings. The Labute approximate surface area is 380 Å². The lowest BCUT2D eigenvalue weighted by Crippen LogP contribution is -2.26. The largest absolute Gasteiger partial charge is 0.455 e. The summed E-state index contributed by atoms with van der Waals surface area (Å²) < 4.78 is 13.9. The van der Waals surface area contributed by atoms with E-state index in [-0.39, 0.29) is 0 Å². The molecule has 0 unspecified atom stereocenters. The Hall–Kier alpha value is -8.66. The van der Waals surface area contributed by atoms with Crippen LogP contribution in [-0.4, -0.2) is 0 Å². The van der Waals surface area contributed by atoms with Crippen LogP contribution in [0.3, 0.4) is 0 Å². The quantitative estimate of drug-likeness (QED) is 0.177. The van der Waals surface area contributed by atoms with E-state index in [9.17, 15) is 0 Å². The second kappa shape index (κ2) is 13.2. The van der Waals surface area contributed by atoms with E-state index in [0.29, 0.717) is 0 Å². The number of fused-ring (bicyclic) bond motifs is 20. The smallest absolute Gasteiger partial charge is 0.143 e. The molecule has 0 radical (unpaired) electrons. The number of nitrogens with zero attached hydrogens (tertiary/aromatic N) is 1. The van der Waals surface area contributed by atoms with Gasteiger partial charge < -0.3 is 13.7 Å². The highest BCUT2D eigenvalue weighted by Crippen LogP contribution is 2.63. The van der Waals surface area contributed by atoms with E-state index in [1.54, 1.807) is 0 Å². The SMILES string of the molecule is c1ccc(N(c2ccc3c(c2)C2(c4ccccc4-c4ccccc42)c2ccccc2-3)c2cccc3oc4c5ccccc5ccc4c23)c(-c2cccc3c2oc2c4ccccc4ccc32)c1. The molecule has 1 spiro atoms. The fourth-order valence-corrected chi connectivity index (χ4v) is 12.0. The van der Waals surface area contributed by atoms with Crippen molar-refractivity contribution in [3.8, 4) is 33.4 Å². The number of hydrogen-bond acceptors (Lipinski definition) is 3. The van der Waals surface area contributed by atoms with Crippen LogP contribution in [0.4, 0.5) is 17.1 Å². The Balaban J connectivity index is 1.04. The molecule has 0 amide bonds. The summed E-state index contributed by atoms with van der Waals surface area (Å²) >= 11 is 0. The van der Waals surface area contributed by atoms with Crippen LogP contribution in [0.5, 0.6) is 0 Å². The van der Waals surface area contributed by atoms with Gasteiger partial charge >= 0.3 is 0 Å². The molecule has 0 bridgehead atoms. The number of benzene rings is 11. The molecule has 0 fully saturated rings. The van der Waals surface area contributed by atoms with Crippen molar-refractivity contribution < 1.29 is 8.83 Å². The van der Waals surface area contributed by atoms with Crippen molar-refractivity contribution in [3.63, 3.8) is 0 Å². The zero-order valence-corrected chi connectivity index (χ0v) is 35.6. The maximum Gasteiger partial charge on any atom is 0.143 e. The fourth-order valence-electron chi connectivity index (χ4n) is 12.0. The van der Waals surface area contributed by atoms with Crippen LogP contribution >= 0.6 is 0 Å². The van der Waals surface area contributed by atoms with E-state index in [4.69, 9.17) is 8.83 Å². The maximum atomic E-state index is 7.05. The normalized spacial score (nSPS) is 13.3. The van der Waals surface area contributed by atoms with E-state index >= 15 is 0 Å². The summed E-state index contributed by atoms with van der Waals surface area (Å²) in [7, 11) is 0. The van der Waals surface area contributed by atoms with Crippen molar-refractivity contribution in [1.82, 2.24) is 0 Å². The molecule has 3 nitrogen and oxygen atoms in total. The van der Waals surface area contributed by atoms with Gasteiger partial charge in [-0.05, 0) is 97.7 Å². The lowest BCUT2D eigenvalue weighted by atomic mass is 9.70. The van der Waals surface area contributed by atoms with Crippen molar-refractivity contribution in [2.45, 2.75) is 5.41 Å². The molecule has 3 heteroatoms. The number of hydrogen-bond donors (Lipinski definition) is 0. The molecule has 0 N–H and O–H groups in total. The summed E-state index contributed by atoms with van der Waals surface area (Å²) in [6.45, 7) is 0. The van der Waals surface area contributed by atoms with Crippen molar-refractivity contribution in [2.24, 2.45) is 0 Å². The molecule has 66 heavy (non-hydrogen) atoms. The molecule has 2 aliphatic carbocycles. The zero-order chi connectivity index (χ0) is 43.1. The molecular weight excluding hydrogens is 803 g/mol. The first-order valence-corrected chi connectivity index (χ1v) is 22.7. The van der Waals surface area contributed by atoms with Crippen LogP contribution in [0.25, 0.3) is 98.8 Å². The summed E-state index contributed by atoms with van der Waals surface area (Å²) in [5, 5.41) is 8.88. The third kappa shape index (κ3) is 4.61. The molecule has 306 valence electrons. The highest BCUT2D eigenvalue weighted by Gasteiger charge is 2.51. The number of furan rings is 2. The van der Waals surface area contributed by atoms with Crippen molar-refractivity contribution in [3.05, 3.63) is 247 Å². The molecule has 2 aromatic heterocycles. The molecule has 0 saturated carbocycles.